The lowest BCUT2D eigenvalue weighted by Crippen LogP contribution is -2.17. The van der Waals surface area contributed by atoms with Crippen LogP contribution in [0.4, 0.5) is 5.69 Å². The minimum atomic E-state index is -0.130. The molecule has 0 bridgehead atoms. The van der Waals surface area contributed by atoms with E-state index in [2.05, 4.69) is 34.6 Å². The maximum absolute atomic E-state index is 12.6. The van der Waals surface area contributed by atoms with E-state index in [-0.39, 0.29) is 11.6 Å². The van der Waals surface area contributed by atoms with Gasteiger partial charge in [0.05, 0.1) is 11.4 Å². The summed E-state index contributed by atoms with van der Waals surface area (Å²) in [6, 6.07) is 18.3. The standard InChI is InChI=1S/C22H21N3OS/c1-13-15(3)27-22-19(13)21(26)24-20(25-22)14(2)23-18-12-8-7-11-17(18)16-9-5-4-6-10-16/h4-12,14,23H,1-3H3,(H,24,25,26). The number of fused-ring (bicyclic) bond motifs is 1. The molecule has 136 valence electrons. The van der Waals surface area contributed by atoms with Crippen molar-refractivity contribution in [3.63, 3.8) is 0 Å². The van der Waals surface area contributed by atoms with Crippen molar-refractivity contribution < 1.29 is 0 Å². The third-order valence-corrected chi connectivity index (χ3v) is 5.95. The van der Waals surface area contributed by atoms with Crippen molar-refractivity contribution in [3.8, 4) is 11.1 Å². The molecule has 2 heterocycles. The second-order valence-electron chi connectivity index (χ2n) is 6.69. The van der Waals surface area contributed by atoms with Crippen LogP contribution < -0.4 is 10.9 Å². The summed E-state index contributed by atoms with van der Waals surface area (Å²) >= 11 is 1.57. The van der Waals surface area contributed by atoms with Gasteiger partial charge >= 0.3 is 0 Å². The molecule has 0 spiro atoms. The van der Waals surface area contributed by atoms with Crippen molar-refractivity contribution in [2.24, 2.45) is 0 Å². The van der Waals surface area contributed by atoms with Crippen LogP contribution in [0.3, 0.4) is 0 Å². The zero-order valence-electron chi connectivity index (χ0n) is 15.5. The molecule has 1 unspecified atom stereocenters. The summed E-state index contributed by atoms with van der Waals surface area (Å²) in [5.74, 6) is 0.650. The molecule has 4 rings (SSSR count). The number of nitrogens with zero attached hydrogens (tertiary/aromatic N) is 1. The second kappa shape index (κ2) is 7.00. The Labute approximate surface area is 161 Å². The lowest BCUT2D eigenvalue weighted by Gasteiger charge is -2.18. The number of aromatic amines is 1. The third kappa shape index (κ3) is 3.26. The Hall–Kier alpha value is -2.92. The second-order valence-corrected chi connectivity index (χ2v) is 7.90. The normalized spacial score (nSPS) is 12.3. The summed E-state index contributed by atoms with van der Waals surface area (Å²) in [6.45, 7) is 6.01. The average Bonchev–Trinajstić information content (AvgIpc) is 2.97. The number of hydrogen-bond acceptors (Lipinski definition) is 4. The SMILES string of the molecule is Cc1sc2nc(C(C)Nc3ccccc3-c3ccccc3)[nH]c(=O)c2c1C. The molecule has 0 amide bonds. The zero-order chi connectivity index (χ0) is 19.0. The van der Waals surface area contributed by atoms with Gasteiger partial charge in [-0.05, 0) is 38.0 Å². The molecule has 0 saturated heterocycles. The van der Waals surface area contributed by atoms with E-state index in [1.54, 1.807) is 11.3 Å². The average molecular weight is 375 g/mol. The van der Waals surface area contributed by atoms with Crippen LogP contribution in [0, 0.1) is 13.8 Å². The first-order chi connectivity index (χ1) is 13.0. The van der Waals surface area contributed by atoms with Gasteiger partial charge in [0.2, 0.25) is 0 Å². The van der Waals surface area contributed by atoms with Gasteiger partial charge in [-0.1, -0.05) is 48.5 Å². The van der Waals surface area contributed by atoms with Crippen molar-refractivity contribution >= 4 is 27.2 Å². The highest BCUT2D eigenvalue weighted by molar-refractivity contribution is 7.18. The summed E-state index contributed by atoms with van der Waals surface area (Å²) in [5, 5.41) is 4.22. The smallest absolute Gasteiger partial charge is 0.259 e. The Kier molecular flexibility index (Phi) is 4.54. The van der Waals surface area contributed by atoms with E-state index in [1.165, 1.54) is 0 Å². The Morgan fingerprint density at radius 1 is 1.04 bits per heavy atom. The van der Waals surface area contributed by atoms with Gasteiger partial charge in [-0.15, -0.1) is 11.3 Å². The fraction of sp³-hybridized carbons (Fsp3) is 0.182. The molecule has 0 aliphatic rings. The van der Waals surface area contributed by atoms with E-state index < -0.39 is 0 Å². The van der Waals surface area contributed by atoms with Crippen molar-refractivity contribution in [1.82, 2.24) is 9.97 Å². The van der Waals surface area contributed by atoms with Crippen molar-refractivity contribution in [3.05, 3.63) is 81.2 Å². The van der Waals surface area contributed by atoms with E-state index >= 15 is 0 Å². The van der Waals surface area contributed by atoms with E-state index in [1.807, 2.05) is 51.1 Å². The van der Waals surface area contributed by atoms with Gasteiger partial charge in [-0.25, -0.2) is 4.98 Å². The van der Waals surface area contributed by atoms with E-state index in [4.69, 9.17) is 4.98 Å². The molecule has 2 aromatic carbocycles. The van der Waals surface area contributed by atoms with Gasteiger partial charge in [0, 0.05) is 16.1 Å². The molecule has 0 fully saturated rings. The molecule has 0 aliphatic heterocycles. The Balaban J connectivity index is 1.71. The number of benzene rings is 2. The number of aryl methyl sites for hydroxylation is 2. The fourth-order valence-corrected chi connectivity index (χ4v) is 4.29. The molecule has 5 heteroatoms. The number of rotatable bonds is 4. The first-order valence-electron chi connectivity index (χ1n) is 8.95. The van der Waals surface area contributed by atoms with Crippen LogP contribution in [0.2, 0.25) is 0 Å². The summed E-state index contributed by atoms with van der Waals surface area (Å²) in [6.07, 6.45) is 0. The Morgan fingerprint density at radius 2 is 1.74 bits per heavy atom. The highest BCUT2D eigenvalue weighted by Crippen LogP contribution is 2.31. The van der Waals surface area contributed by atoms with E-state index in [9.17, 15) is 4.79 Å². The molecule has 2 aromatic heterocycles. The largest absolute Gasteiger partial charge is 0.375 e. The zero-order valence-corrected chi connectivity index (χ0v) is 16.4. The maximum Gasteiger partial charge on any atom is 0.259 e. The van der Waals surface area contributed by atoms with Gasteiger partial charge in [-0.3, -0.25) is 4.79 Å². The van der Waals surface area contributed by atoms with Crippen molar-refractivity contribution in [2.45, 2.75) is 26.8 Å². The Morgan fingerprint density at radius 3 is 2.52 bits per heavy atom. The Bertz CT molecular complexity index is 1160. The van der Waals surface area contributed by atoms with Crippen LogP contribution in [0.1, 0.15) is 29.2 Å². The van der Waals surface area contributed by atoms with E-state index in [0.29, 0.717) is 11.2 Å². The molecule has 0 aliphatic carbocycles. The number of nitrogens with one attached hydrogen (secondary N) is 2. The van der Waals surface area contributed by atoms with Gasteiger partial charge in [0.25, 0.3) is 5.56 Å². The van der Waals surface area contributed by atoms with Crippen LogP contribution in [0.5, 0.6) is 0 Å². The molecule has 4 aromatic rings. The maximum atomic E-state index is 12.6. The third-order valence-electron chi connectivity index (χ3n) is 4.85. The van der Waals surface area contributed by atoms with Crippen LogP contribution in [-0.2, 0) is 0 Å². The molecule has 4 nitrogen and oxygen atoms in total. The number of anilines is 1. The minimum Gasteiger partial charge on any atom is -0.375 e. The predicted molar refractivity (Wildman–Crippen MR) is 114 cm³/mol. The van der Waals surface area contributed by atoms with Gasteiger partial charge in [-0.2, -0.15) is 0 Å². The molecular weight excluding hydrogens is 354 g/mol. The van der Waals surface area contributed by atoms with Gasteiger partial charge < -0.3 is 10.3 Å². The topological polar surface area (TPSA) is 57.8 Å². The van der Waals surface area contributed by atoms with Gasteiger partial charge in [0.1, 0.15) is 10.7 Å². The lowest BCUT2D eigenvalue weighted by molar-refractivity contribution is 0.793. The number of thiophene rings is 1. The highest BCUT2D eigenvalue weighted by atomic mass is 32.1. The fourth-order valence-electron chi connectivity index (χ4n) is 3.26. The number of aromatic nitrogens is 2. The van der Waals surface area contributed by atoms with Crippen LogP contribution in [-0.4, -0.2) is 9.97 Å². The van der Waals surface area contributed by atoms with Crippen molar-refractivity contribution in [2.75, 3.05) is 5.32 Å². The summed E-state index contributed by atoms with van der Waals surface area (Å²) in [5.41, 5.74) is 4.23. The summed E-state index contributed by atoms with van der Waals surface area (Å²) in [7, 11) is 0. The monoisotopic (exact) mass is 375 g/mol. The van der Waals surface area contributed by atoms with E-state index in [0.717, 1.165) is 32.1 Å². The quantitative estimate of drug-likeness (QED) is 0.499. The van der Waals surface area contributed by atoms with Crippen molar-refractivity contribution in [1.29, 1.82) is 0 Å². The van der Waals surface area contributed by atoms with Crippen LogP contribution in [0.25, 0.3) is 21.3 Å². The predicted octanol–water partition coefficient (Wildman–Crippen LogP) is 5.44. The molecule has 1 atom stereocenters. The molecule has 0 radical (unpaired) electrons. The lowest BCUT2D eigenvalue weighted by atomic mass is 10.0. The molecule has 27 heavy (non-hydrogen) atoms. The molecule has 2 N–H and O–H groups in total. The molecule has 0 saturated carbocycles. The number of H-pyrrole nitrogens is 1. The summed E-state index contributed by atoms with van der Waals surface area (Å²) in [4.78, 5) is 22.2. The first-order valence-corrected chi connectivity index (χ1v) is 9.77. The summed E-state index contributed by atoms with van der Waals surface area (Å²) < 4.78 is 0. The number of para-hydroxylation sites is 1. The number of hydrogen-bond donors (Lipinski definition) is 2. The van der Waals surface area contributed by atoms with Crippen LogP contribution >= 0.6 is 11.3 Å². The highest BCUT2D eigenvalue weighted by Gasteiger charge is 2.16. The minimum absolute atomic E-state index is 0.0677. The van der Waals surface area contributed by atoms with Gasteiger partial charge in [0.15, 0.2) is 0 Å². The molecular formula is C22H21N3OS. The van der Waals surface area contributed by atoms with Crippen LogP contribution in [0.15, 0.2) is 59.4 Å². The first kappa shape index (κ1) is 17.5.